The van der Waals surface area contributed by atoms with E-state index in [-0.39, 0.29) is 17.9 Å². The van der Waals surface area contributed by atoms with E-state index in [1.807, 2.05) is 0 Å². The number of rotatable bonds is 5. The molecule has 5 heteroatoms. The zero-order valence-corrected chi connectivity index (χ0v) is 11.2. The lowest BCUT2D eigenvalue weighted by molar-refractivity contribution is 0.0880. The molecule has 1 fully saturated rings. The molecule has 0 aromatic carbocycles. The standard InChI is InChI=1S/C14H20N2O3/c1-19-12-5-4-11(8-15-12)13(18)16-9-14(10-17)6-2-3-7-14/h4-5,8,17H,2-3,6-7,9-10H2,1H3,(H,16,18). The van der Waals surface area contributed by atoms with Gasteiger partial charge in [0.05, 0.1) is 19.3 Å². The van der Waals surface area contributed by atoms with Gasteiger partial charge < -0.3 is 15.2 Å². The summed E-state index contributed by atoms with van der Waals surface area (Å²) in [6.45, 7) is 0.655. The Kier molecular flexibility index (Phi) is 4.37. The summed E-state index contributed by atoms with van der Waals surface area (Å²) < 4.78 is 4.95. The van der Waals surface area contributed by atoms with Crippen LogP contribution in [0.3, 0.4) is 0 Å². The molecule has 104 valence electrons. The van der Waals surface area contributed by atoms with Crippen LogP contribution in [0.2, 0.25) is 0 Å². The second kappa shape index (κ2) is 6.02. The van der Waals surface area contributed by atoms with E-state index in [0.29, 0.717) is 18.0 Å². The van der Waals surface area contributed by atoms with Crippen molar-refractivity contribution in [2.45, 2.75) is 25.7 Å². The van der Waals surface area contributed by atoms with Crippen LogP contribution in [0, 0.1) is 5.41 Å². The van der Waals surface area contributed by atoms with Crippen LogP contribution >= 0.6 is 0 Å². The zero-order chi connectivity index (χ0) is 13.7. The maximum Gasteiger partial charge on any atom is 0.252 e. The molecule has 0 spiro atoms. The van der Waals surface area contributed by atoms with Gasteiger partial charge in [-0.05, 0) is 18.9 Å². The highest BCUT2D eigenvalue weighted by Crippen LogP contribution is 2.36. The molecule has 0 aliphatic heterocycles. The Bertz CT molecular complexity index is 425. The summed E-state index contributed by atoms with van der Waals surface area (Å²) >= 11 is 0. The van der Waals surface area contributed by atoms with Crippen LogP contribution in [0.15, 0.2) is 18.3 Å². The van der Waals surface area contributed by atoms with Gasteiger partial charge in [-0.15, -0.1) is 0 Å². The number of aliphatic hydroxyl groups excluding tert-OH is 1. The van der Waals surface area contributed by atoms with Gasteiger partial charge >= 0.3 is 0 Å². The molecule has 2 rings (SSSR count). The first kappa shape index (κ1) is 13.8. The van der Waals surface area contributed by atoms with Crippen molar-refractivity contribution in [3.63, 3.8) is 0 Å². The first-order valence-electron chi connectivity index (χ1n) is 6.58. The van der Waals surface area contributed by atoms with Crippen molar-refractivity contribution in [3.05, 3.63) is 23.9 Å². The number of nitrogens with zero attached hydrogens (tertiary/aromatic N) is 1. The lowest BCUT2D eigenvalue weighted by Gasteiger charge is -2.26. The van der Waals surface area contributed by atoms with Gasteiger partial charge in [0.1, 0.15) is 0 Å². The van der Waals surface area contributed by atoms with E-state index in [1.165, 1.54) is 13.3 Å². The molecular formula is C14H20N2O3. The maximum atomic E-state index is 12.0. The second-order valence-corrected chi connectivity index (χ2v) is 5.14. The summed E-state index contributed by atoms with van der Waals surface area (Å²) in [5.74, 6) is 0.328. The number of hydrogen-bond donors (Lipinski definition) is 2. The van der Waals surface area contributed by atoms with Gasteiger partial charge in [0.2, 0.25) is 5.88 Å². The molecule has 0 radical (unpaired) electrons. The largest absolute Gasteiger partial charge is 0.481 e. The number of pyridine rings is 1. The Morgan fingerprint density at radius 3 is 2.74 bits per heavy atom. The van der Waals surface area contributed by atoms with Crippen molar-refractivity contribution in [2.75, 3.05) is 20.3 Å². The van der Waals surface area contributed by atoms with Gasteiger partial charge in [0.15, 0.2) is 0 Å². The summed E-state index contributed by atoms with van der Waals surface area (Å²) in [7, 11) is 1.53. The maximum absolute atomic E-state index is 12.0. The molecule has 19 heavy (non-hydrogen) atoms. The summed E-state index contributed by atoms with van der Waals surface area (Å²) in [6.07, 6.45) is 5.70. The Balaban J connectivity index is 1.93. The third-order valence-corrected chi connectivity index (χ3v) is 3.83. The first-order valence-corrected chi connectivity index (χ1v) is 6.58. The minimum atomic E-state index is -0.158. The number of ether oxygens (including phenoxy) is 1. The number of hydrogen-bond acceptors (Lipinski definition) is 4. The van der Waals surface area contributed by atoms with Crippen LogP contribution in [-0.2, 0) is 0 Å². The average Bonchev–Trinajstić information content (AvgIpc) is 2.94. The van der Waals surface area contributed by atoms with Crippen LogP contribution in [0.5, 0.6) is 5.88 Å². The molecule has 0 unspecified atom stereocenters. The van der Waals surface area contributed by atoms with Gasteiger partial charge in [-0.1, -0.05) is 12.8 Å². The van der Waals surface area contributed by atoms with E-state index in [4.69, 9.17) is 4.74 Å². The minimum Gasteiger partial charge on any atom is -0.481 e. The van der Waals surface area contributed by atoms with Crippen LogP contribution in [0.1, 0.15) is 36.0 Å². The number of carbonyl (C=O) groups is 1. The molecule has 1 saturated carbocycles. The van der Waals surface area contributed by atoms with E-state index >= 15 is 0 Å². The lowest BCUT2D eigenvalue weighted by Crippen LogP contribution is -2.38. The van der Waals surface area contributed by atoms with Crippen molar-refractivity contribution in [3.8, 4) is 5.88 Å². The van der Waals surface area contributed by atoms with Gasteiger partial charge in [-0.2, -0.15) is 0 Å². The molecule has 0 saturated heterocycles. The highest BCUT2D eigenvalue weighted by atomic mass is 16.5. The molecule has 2 N–H and O–H groups in total. The van der Waals surface area contributed by atoms with E-state index < -0.39 is 0 Å². The molecule has 5 nitrogen and oxygen atoms in total. The third kappa shape index (κ3) is 3.23. The van der Waals surface area contributed by atoms with Gasteiger partial charge in [0.25, 0.3) is 5.91 Å². The molecular weight excluding hydrogens is 244 g/mol. The number of carbonyl (C=O) groups excluding carboxylic acids is 1. The van der Waals surface area contributed by atoms with E-state index in [1.54, 1.807) is 12.1 Å². The molecule has 0 atom stereocenters. The highest BCUT2D eigenvalue weighted by molar-refractivity contribution is 5.93. The Labute approximate surface area is 113 Å². The predicted octanol–water partition coefficient (Wildman–Crippen LogP) is 1.37. The first-order chi connectivity index (χ1) is 9.19. The van der Waals surface area contributed by atoms with Crippen molar-refractivity contribution in [1.29, 1.82) is 0 Å². The van der Waals surface area contributed by atoms with Crippen LogP contribution in [-0.4, -0.2) is 36.3 Å². The minimum absolute atomic E-state index is 0.129. The fraction of sp³-hybridized carbons (Fsp3) is 0.571. The topological polar surface area (TPSA) is 71.5 Å². The lowest BCUT2D eigenvalue weighted by atomic mass is 9.87. The number of aromatic nitrogens is 1. The molecule has 1 aliphatic rings. The molecule has 1 heterocycles. The molecule has 1 aromatic heterocycles. The summed E-state index contributed by atoms with van der Waals surface area (Å²) in [4.78, 5) is 16.0. The summed E-state index contributed by atoms with van der Waals surface area (Å²) in [5.41, 5.74) is 0.377. The zero-order valence-electron chi connectivity index (χ0n) is 11.2. The Hall–Kier alpha value is -1.62. The number of amides is 1. The molecule has 1 aromatic rings. The Morgan fingerprint density at radius 2 is 2.21 bits per heavy atom. The van der Waals surface area contributed by atoms with Crippen molar-refractivity contribution >= 4 is 5.91 Å². The van der Waals surface area contributed by atoms with Gasteiger partial charge in [0, 0.05) is 24.2 Å². The molecule has 0 bridgehead atoms. The van der Waals surface area contributed by atoms with Gasteiger partial charge in [-0.25, -0.2) is 4.98 Å². The quantitative estimate of drug-likeness (QED) is 0.842. The van der Waals surface area contributed by atoms with Crippen molar-refractivity contribution < 1.29 is 14.6 Å². The summed E-state index contributed by atoms with van der Waals surface area (Å²) in [5, 5.41) is 12.4. The number of aliphatic hydroxyl groups is 1. The smallest absolute Gasteiger partial charge is 0.252 e. The fourth-order valence-corrected chi connectivity index (χ4v) is 2.52. The van der Waals surface area contributed by atoms with Crippen molar-refractivity contribution in [2.24, 2.45) is 5.41 Å². The van der Waals surface area contributed by atoms with Crippen LogP contribution < -0.4 is 10.1 Å². The van der Waals surface area contributed by atoms with E-state index in [0.717, 1.165) is 25.7 Å². The van der Waals surface area contributed by atoms with Gasteiger partial charge in [-0.3, -0.25) is 4.79 Å². The third-order valence-electron chi connectivity index (χ3n) is 3.83. The normalized spacial score (nSPS) is 17.2. The second-order valence-electron chi connectivity index (χ2n) is 5.14. The predicted molar refractivity (Wildman–Crippen MR) is 71.1 cm³/mol. The van der Waals surface area contributed by atoms with E-state index in [9.17, 15) is 9.90 Å². The average molecular weight is 264 g/mol. The van der Waals surface area contributed by atoms with Crippen LogP contribution in [0.25, 0.3) is 0 Å². The fourth-order valence-electron chi connectivity index (χ4n) is 2.52. The monoisotopic (exact) mass is 264 g/mol. The summed E-state index contributed by atoms with van der Waals surface area (Å²) in [6, 6.07) is 3.34. The van der Waals surface area contributed by atoms with E-state index in [2.05, 4.69) is 10.3 Å². The highest BCUT2D eigenvalue weighted by Gasteiger charge is 2.33. The number of nitrogens with one attached hydrogen (secondary N) is 1. The molecule has 1 amide bonds. The Morgan fingerprint density at radius 1 is 1.47 bits per heavy atom. The SMILES string of the molecule is COc1ccc(C(=O)NCC2(CO)CCCC2)cn1. The van der Waals surface area contributed by atoms with Crippen molar-refractivity contribution in [1.82, 2.24) is 10.3 Å². The van der Waals surface area contributed by atoms with Crippen LogP contribution in [0.4, 0.5) is 0 Å². The number of methoxy groups -OCH3 is 1. The molecule has 1 aliphatic carbocycles.